The van der Waals surface area contributed by atoms with Crippen LogP contribution in [0.15, 0.2) is 17.3 Å². The van der Waals surface area contributed by atoms with Crippen molar-refractivity contribution in [1.29, 1.82) is 0 Å². The number of rotatable bonds is 1. The quantitative estimate of drug-likeness (QED) is 0.781. The van der Waals surface area contributed by atoms with Gasteiger partial charge in [-0.25, -0.2) is 4.98 Å². The van der Waals surface area contributed by atoms with Gasteiger partial charge in [0.15, 0.2) is 5.03 Å². The Labute approximate surface area is 90.6 Å². The van der Waals surface area contributed by atoms with Gasteiger partial charge < -0.3 is 5.32 Å². The number of aromatic nitrogens is 1. The molecule has 2 heterocycles. The van der Waals surface area contributed by atoms with Crippen LogP contribution in [0.2, 0.25) is 0 Å². The number of nitrogens with zero attached hydrogens (tertiary/aromatic N) is 1. The van der Waals surface area contributed by atoms with E-state index in [1.165, 1.54) is 0 Å². The highest BCUT2D eigenvalue weighted by atomic mass is 32.2. The zero-order chi connectivity index (χ0) is 11.0. The fraction of sp³-hybridized carbons (Fsp3) is 0.400. The monoisotopic (exact) mass is 224 g/mol. The van der Waals surface area contributed by atoms with E-state index in [-0.39, 0.29) is 11.7 Å². The van der Waals surface area contributed by atoms with E-state index in [0.717, 1.165) is 5.56 Å². The molecule has 1 aliphatic rings. The maximum Gasteiger partial charge on any atom is 0.237 e. The number of carbonyl (C=O) groups excluding carboxylic acids is 1. The van der Waals surface area contributed by atoms with Gasteiger partial charge in [0.05, 0.1) is 16.5 Å². The summed E-state index contributed by atoms with van der Waals surface area (Å²) in [6, 6.07) is 1.85. The SMILES string of the molecule is CC(C)c1cnc2c(c1)NC(=O)CS2=O. The Kier molecular flexibility index (Phi) is 2.56. The first-order chi connectivity index (χ1) is 7.08. The zero-order valence-electron chi connectivity index (χ0n) is 8.61. The number of hydrogen-bond acceptors (Lipinski definition) is 3. The van der Waals surface area contributed by atoms with Gasteiger partial charge in [0.2, 0.25) is 5.91 Å². The van der Waals surface area contributed by atoms with E-state index in [1.807, 2.05) is 19.9 Å². The molecule has 5 heteroatoms. The molecule has 0 saturated heterocycles. The van der Waals surface area contributed by atoms with Crippen LogP contribution in [-0.4, -0.2) is 20.9 Å². The van der Waals surface area contributed by atoms with Crippen molar-refractivity contribution >= 4 is 22.4 Å². The van der Waals surface area contributed by atoms with E-state index in [1.54, 1.807) is 6.20 Å². The molecule has 0 aromatic carbocycles. The first kappa shape index (κ1) is 10.3. The standard InChI is InChI=1S/C10H12N2O2S/c1-6(2)7-3-8-10(11-4-7)15(14)5-9(13)12-8/h3-4,6H,5H2,1-2H3,(H,12,13). The Balaban J connectivity index is 2.48. The third-order valence-electron chi connectivity index (χ3n) is 2.29. The summed E-state index contributed by atoms with van der Waals surface area (Å²) in [5.74, 6) is 0.153. The molecule has 0 radical (unpaired) electrons. The second-order valence-corrected chi connectivity index (χ2v) is 5.18. The van der Waals surface area contributed by atoms with Gasteiger partial charge in [0, 0.05) is 6.20 Å². The van der Waals surface area contributed by atoms with Gasteiger partial charge in [-0.2, -0.15) is 0 Å². The summed E-state index contributed by atoms with van der Waals surface area (Å²) < 4.78 is 11.6. The number of hydrogen-bond donors (Lipinski definition) is 1. The lowest BCUT2D eigenvalue weighted by Crippen LogP contribution is -2.26. The molecular weight excluding hydrogens is 212 g/mol. The van der Waals surface area contributed by atoms with Crippen LogP contribution in [0.25, 0.3) is 0 Å². The van der Waals surface area contributed by atoms with Gasteiger partial charge in [-0.15, -0.1) is 0 Å². The molecule has 0 spiro atoms. The molecule has 0 bridgehead atoms. The summed E-state index contributed by atoms with van der Waals surface area (Å²) in [5, 5.41) is 3.18. The number of fused-ring (bicyclic) bond motifs is 1. The van der Waals surface area contributed by atoms with Crippen LogP contribution >= 0.6 is 0 Å². The Morgan fingerprint density at radius 3 is 2.93 bits per heavy atom. The van der Waals surface area contributed by atoms with E-state index < -0.39 is 10.8 Å². The second-order valence-electron chi connectivity index (χ2n) is 3.81. The summed E-state index contributed by atoms with van der Waals surface area (Å²) in [5.41, 5.74) is 1.63. The Hall–Kier alpha value is -1.23. The predicted octanol–water partition coefficient (Wildman–Crippen LogP) is 1.26. The van der Waals surface area contributed by atoms with E-state index >= 15 is 0 Å². The van der Waals surface area contributed by atoms with E-state index in [9.17, 15) is 9.00 Å². The molecule has 1 amide bonds. The van der Waals surface area contributed by atoms with Crippen molar-refractivity contribution in [2.75, 3.05) is 11.1 Å². The zero-order valence-corrected chi connectivity index (χ0v) is 9.43. The van der Waals surface area contributed by atoms with E-state index in [4.69, 9.17) is 0 Å². The predicted molar refractivity (Wildman–Crippen MR) is 58.2 cm³/mol. The molecule has 4 nitrogen and oxygen atoms in total. The fourth-order valence-corrected chi connectivity index (χ4v) is 2.40. The van der Waals surface area contributed by atoms with Crippen molar-refractivity contribution in [2.24, 2.45) is 0 Å². The molecule has 1 aromatic heterocycles. The van der Waals surface area contributed by atoms with Gasteiger partial charge in [-0.1, -0.05) is 13.8 Å². The number of amides is 1. The molecular formula is C10H12N2O2S. The third kappa shape index (κ3) is 1.92. The summed E-state index contributed by atoms with van der Waals surface area (Å²) in [7, 11) is -1.29. The van der Waals surface area contributed by atoms with E-state index in [0.29, 0.717) is 16.6 Å². The molecule has 1 unspecified atom stereocenters. The fourth-order valence-electron chi connectivity index (χ4n) is 1.43. The largest absolute Gasteiger partial charge is 0.323 e. The average Bonchev–Trinajstić information content (AvgIpc) is 2.16. The van der Waals surface area contributed by atoms with E-state index in [2.05, 4.69) is 10.3 Å². The minimum atomic E-state index is -1.29. The second kappa shape index (κ2) is 3.73. The van der Waals surface area contributed by atoms with Gasteiger partial charge in [-0.05, 0) is 17.5 Å². The maximum atomic E-state index is 11.6. The lowest BCUT2D eigenvalue weighted by molar-refractivity contribution is -0.114. The molecule has 0 fully saturated rings. The highest BCUT2D eigenvalue weighted by Gasteiger charge is 2.23. The van der Waals surface area contributed by atoms with Crippen molar-refractivity contribution in [2.45, 2.75) is 24.8 Å². The van der Waals surface area contributed by atoms with Crippen LogP contribution < -0.4 is 5.32 Å². The average molecular weight is 224 g/mol. The minimum absolute atomic E-state index is 0.0149. The number of pyridine rings is 1. The van der Waals surface area contributed by atoms with Crippen LogP contribution in [-0.2, 0) is 15.6 Å². The third-order valence-corrected chi connectivity index (χ3v) is 3.57. The Bertz CT molecular complexity index is 443. The summed E-state index contributed by atoms with van der Waals surface area (Å²) >= 11 is 0. The highest BCUT2D eigenvalue weighted by molar-refractivity contribution is 7.86. The molecule has 2 rings (SSSR count). The number of nitrogens with one attached hydrogen (secondary N) is 1. The Morgan fingerprint density at radius 1 is 1.53 bits per heavy atom. The summed E-state index contributed by atoms with van der Waals surface area (Å²) in [6.07, 6.45) is 1.72. The van der Waals surface area contributed by atoms with Gasteiger partial charge in [0.1, 0.15) is 5.75 Å². The van der Waals surface area contributed by atoms with Crippen molar-refractivity contribution in [3.05, 3.63) is 17.8 Å². The normalized spacial score (nSPS) is 19.9. The van der Waals surface area contributed by atoms with Gasteiger partial charge >= 0.3 is 0 Å². The molecule has 0 saturated carbocycles. The van der Waals surface area contributed by atoms with Crippen LogP contribution in [0, 0.1) is 0 Å². The van der Waals surface area contributed by atoms with Crippen LogP contribution in [0.3, 0.4) is 0 Å². The first-order valence-electron chi connectivity index (χ1n) is 4.76. The van der Waals surface area contributed by atoms with Gasteiger partial charge in [-0.3, -0.25) is 9.00 Å². The van der Waals surface area contributed by atoms with Crippen LogP contribution in [0.5, 0.6) is 0 Å². The van der Waals surface area contributed by atoms with Crippen molar-refractivity contribution in [1.82, 2.24) is 4.98 Å². The first-order valence-corrected chi connectivity index (χ1v) is 6.08. The summed E-state index contributed by atoms with van der Waals surface area (Å²) in [4.78, 5) is 15.3. The molecule has 15 heavy (non-hydrogen) atoms. The topological polar surface area (TPSA) is 59.1 Å². The van der Waals surface area contributed by atoms with Crippen molar-refractivity contribution in [3.63, 3.8) is 0 Å². The van der Waals surface area contributed by atoms with Crippen molar-refractivity contribution in [3.8, 4) is 0 Å². The van der Waals surface area contributed by atoms with Crippen LogP contribution in [0.4, 0.5) is 5.69 Å². The minimum Gasteiger partial charge on any atom is -0.323 e. The maximum absolute atomic E-state index is 11.6. The number of carbonyl (C=O) groups is 1. The number of anilines is 1. The van der Waals surface area contributed by atoms with Crippen LogP contribution in [0.1, 0.15) is 25.3 Å². The highest BCUT2D eigenvalue weighted by Crippen LogP contribution is 2.25. The molecule has 1 N–H and O–H groups in total. The molecule has 80 valence electrons. The van der Waals surface area contributed by atoms with Gasteiger partial charge in [0.25, 0.3) is 0 Å². The molecule has 1 aliphatic heterocycles. The molecule has 0 aliphatic carbocycles. The molecule has 1 atom stereocenters. The molecule has 1 aromatic rings. The van der Waals surface area contributed by atoms with Crippen molar-refractivity contribution < 1.29 is 9.00 Å². The lowest BCUT2D eigenvalue weighted by Gasteiger charge is -2.16. The smallest absolute Gasteiger partial charge is 0.237 e. The lowest BCUT2D eigenvalue weighted by atomic mass is 10.1. The summed E-state index contributed by atoms with van der Waals surface area (Å²) in [6.45, 7) is 4.09. The Morgan fingerprint density at radius 2 is 2.27 bits per heavy atom.